The standard InChI is InChI=1S/C13H16BrN3O2/c1-8-12(14)9(2)17(16-8)10(3)13(18)15-7-11-5-4-6-19-11/h4-6,10H,7H2,1-3H3,(H,15,18). The fourth-order valence-corrected chi connectivity index (χ4v) is 2.13. The summed E-state index contributed by atoms with van der Waals surface area (Å²) in [4.78, 5) is 12.1. The number of hydrogen-bond acceptors (Lipinski definition) is 3. The largest absolute Gasteiger partial charge is 0.467 e. The Morgan fingerprint density at radius 2 is 2.32 bits per heavy atom. The van der Waals surface area contributed by atoms with Gasteiger partial charge in [0.25, 0.3) is 0 Å². The van der Waals surface area contributed by atoms with Crippen molar-refractivity contribution in [3.05, 3.63) is 40.0 Å². The van der Waals surface area contributed by atoms with Crippen LogP contribution >= 0.6 is 15.9 Å². The molecule has 2 rings (SSSR count). The lowest BCUT2D eigenvalue weighted by atomic mass is 10.3. The smallest absolute Gasteiger partial charge is 0.244 e. The summed E-state index contributed by atoms with van der Waals surface area (Å²) < 4.78 is 7.83. The SMILES string of the molecule is Cc1nn(C(C)C(=O)NCc2ccco2)c(C)c1Br. The fraction of sp³-hybridized carbons (Fsp3) is 0.385. The highest BCUT2D eigenvalue weighted by Gasteiger charge is 2.20. The van der Waals surface area contributed by atoms with Gasteiger partial charge in [-0.25, -0.2) is 0 Å². The van der Waals surface area contributed by atoms with Crippen LogP contribution in [0.2, 0.25) is 0 Å². The maximum Gasteiger partial charge on any atom is 0.244 e. The Balaban J connectivity index is 2.04. The molecule has 5 nitrogen and oxygen atoms in total. The molecule has 0 fully saturated rings. The number of hydrogen-bond donors (Lipinski definition) is 1. The van der Waals surface area contributed by atoms with Crippen molar-refractivity contribution in [3.63, 3.8) is 0 Å². The average molecular weight is 326 g/mol. The molecule has 2 heterocycles. The second kappa shape index (κ2) is 5.61. The van der Waals surface area contributed by atoms with Gasteiger partial charge in [0.05, 0.1) is 28.7 Å². The molecule has 1 atom stereocenters. The van der Waals surface area contributed by atoms with Crippen molar-refractivity contribution < 1.29 is 9.21 Å². The van der Waals surface area contributed by atoms with Gasteiger partial charge in [-0.1, -0.05) is 0 Å². The third kappa shape index (κ3) is 2.89. The van der Waals surface area contributed by atoms with Crippen LogP contribution in [0.1, 0.15) is 30.1 Å². The summed E-state index contributed by atoms with van der Waals surface area (Å²) in [6.07, 6.45) is 1.59. The van der Waals surface area contributed by atoms with Gasteiger partial charge in [0.1, 0.15) is 11.8 Å². The van der Waals surface area contributed by atoms with E-state index in [0.717, 1.165) is 21.6 Å². The van der Waals surface area contributed by atoms with Crippen LogP contribution in [0.3, 0.4) is 0 Å². The van der Waals surface area contributed by atoms with Crippen molar-refractivity contribution in [3.8, 4) is 0 Å². The molecule has 2 aromatic heterocycles. The van der Waals surface area contributed by atoms with Crippen LogP contribution in [0.4, 0.5) is 0 Å². The zero-order valence-corrected chi connectivity index (χ0v) is 12.7. The number of furan rings is 1. The van der Waals surface area contributed by atoms with Crippen LogP contribution in [0.15, 0.2) is 27.3 Å². The third-order valence-corrected chi connectivity index (χ3v) is 4.15. The molecule has 19 heavy (non-hydrogen) atoms. The first-order valence-corrected chi connectivity index (χ1v) is 6.81. The Bertz CT molecular complexity index is 575. The summed E-state index contributed by atoms with van der Waals surface area (Å²) in [5.74, 6) is 0.643. The van der Waals surface area contributed by atoms with Crippen LogP contribution in [-0.2, 0) is 11.3 Å². The molecular formula is C13H16BrN3O2. The van der Waals surface area contributed by atoms with E-state index in [0.29, 0.717) is 6.54 Å². The zero-order chi connectivity index (χ0) is 14.0. The van der Waals surface area contributed by atoms with Crippen LogP contribution < -0.4 is 5.32 Å². The molecular weight excluding hydrogens is 310 g/mol. The molecule has 0 aliphatic carbocycles. The minimum absolute atomic E-state index is 0.0884. The lowest BCUT2D eigenvalue weighted by Crippen LogP contribution is -2.31. The molecule has 0 spiro atoms. The molecule has 0 saturated heterocycles. The molecule has 1 amide bonds. The lowest BCUT2D eigenvalue weighted by molar-refractivity contribution is -0.124. The molecule has 0 radical (unpaired) electrons. The van der Waals surface area contributed by atoms with Crippen molar-refractivity contribution in [2.24, 2.45) is 0 Å². The third-order valence-electron chi connectivity index (χ3n) is 3.00. The summed E-state index contributed by atoms with van der Waals surface area (Å²) >= 11 is 3.46. The van der Waals surface area contributed by atoms with E-state index < -0.39 is 0 Å². The molecule has 2 aromatic rings. The quantitative estimate of drug-likeness (QED) is 0.940. The van der Waals surface area contributed by atoms with Crippen LogP contribution in [0.5, 0.6) is 0 Å². The van der Waals surface area contributed by atoms with Crippen molar-refractivity contribution >= 4 is 21.8 Å². The average Bonchev–Trinajstić information content (AvgIpc) is 2.99. The minimum Gasteiger partial charge on any atom is -0.467 e. The van der Waals surface area contributed by atoms with E-state index in [1.165, 1.54) is 0 Å². The van der Waals surface area contributed by atoms with E-state index in [4.69, 9.17) is 4.42 Å². The van der Waals surface area contributed by atoms with Crippen molar-refractivity contribution in [2.45, 2.75) is 33.4 Å². The van der Waals surface area contributed by atoms with Crippen molar-refractivity contribution in [1.29, 1.82) is 0 Å². The summed E-state index contributed by atoms with van der Waals surface area (Å²) in [6.45, 7) is 6.04. The van der Waals surface area contributed by atoms with Gasteiger partial charge in [0.15, 0.2) is 0 Å². The second-order valence-corrected chi connectivity index (χ2v) is 5.20. The number of nitrogens with zero attached hydrogens (tertiary/aromatic N) is 2. The topological polar surface area (TPSA) is 60.1 Å². The van der Waals surface area contributed by atoms with E-state index in [1.807, 2.05) is 26.8 Å². The number of carbonyl (C=O) groups excluding carboxylic acids is 1. The van der Waals surface area contributed by atoms with Gasteiger partial charge in [-0.15, -0.1) is 0 Å². The zero-order valence-electron chi connectivity index (χ0n) is 11.1. The molecule has 0 bridgehead atoms. The Kier molecular flexibility index (Phi) is 4.09. The van der Waals surface area contributed by atoms with Crippen LogP contribution in [0.25, 0.3) is 0 Å². The van der Waals surface area contributed by atoms with Gasteiger partial charge in [0.2, 0.25) is 5.91 Å². The number of nitrogens with one attached hydrogen (secondary N) is 1. The molecule has 0 aromatic carbocycles. The number of aryl methyl sites for hydroxylation is 1. The predicted octanol–water partition coefficient (Wildman–Crippen LogP) is 2.73. The molecule has 0 saturated carbocycles. The summed E-state index contributed by atoms with van der Waals surface area (Å²) in [5.41, 5.74) is 1.82. The lowest BCUT2D eigenvalue weighted by Gasteiger charge is -2.14. The Morgan fingerprint density at radius 1 is 1.58 bits per heavy atom. The van der Waals surface area contributed by atoms with E-state index in [1.54, 1.807) is 17.0 Å². The summed E-state index contributed by atoms with van der Waals surface area (Å²) in [6, 6.07) is 3.26. The highest BCUT2D eigenvalue weighted by atomic mass is 79.9. The van der Waals surface area contributed by atoms with E-state index >= 15 is 0 Å². The van der Waals surface area contributed by atoms with Gasteiger partial charge in [-0.2, -0.15) is 5.10 Å². The normalized spacial score (nSPS) is 12.4. The van der Waals surface area contributed by atoms with Crippen molar-refractivity contribution in [1.82, 2.24) is 15.1 Å². The fourth-order valence-electron chi connectivity index (χ4n) is 1.87. The molecule has 6 heteroatoms. The highest BCUT2D eigenvalue weighted by molar-refractivity contribution is 9.10. The van der Waals surface area contributed by atoms with Gasteiger partial charge in [-0.3, -0.25) is 9.48 Å². The number of carbonyl (C=O) groups is 1. The summed E-state index contributed by atoms with van der Waals surface area (Å²) in [7, 11) is 0. The molecule has 1 N–H and O–H groups in total. The van der Waals surface area contributed by atoms with Crippen molar-refractivity contribution in [2.75, 3.05) is 0 Å². The monoisotopic (exact) mass is 325 g/mol. The first-order chi connectivity index (χ1) is 9.00. The Morgan fingerprint density at radius 3 is 2.84 bits per heavy atom. The molecule has 102 valence electrons. The summed E-state index contributed by atoms with van der Waals surface area (Å²) in [5, 5.41) is 7.19. The first kappa shape index (κ1) is 13.9. The number of aromatic nitrogens is 2. The number of rotatable bonds is 4. The van der Waals surface area contributed by atoms with Crippen LogP contribution in [-0.4, -0.2) is 15.7 Å². The maximum absolute atomic E-state index is 12.1. The van der Waals surface area contributed by atoms with Gasteiger partial charge >= 0.3 is 0 Å². The van der Waals surface area contributed by atoms with Gasteiger partial charge in [0, 0.05) is 0 Å². The highest BCUT2D eigenvalue weighted by Crippen LogP contribution is 2.22. The number of amides is 1. The number of halogens is 1. The van der Waals surface area contributed by atoms with E-state index in [2.05, 4.69) is 26.3 Å². The van der Waals surface area contributed by atoms with Gasteiger partial charge < -0.3 is 9.73 Å². The maximum atomic E-state index is 12.1. The van der Waals surface area contributed by atoms with Crippen LogP contribution in [0, 0.1) is 13.8 Å². The first-order valence-electron chi connectivity index (χ1n) is 6.02. The minimum atomic E-state index is -0.361. The molecule has 0 aliphatic rings. The Labute approximate surface area is 120 Å². The molecule has 1 unspecified atom stereocenters. The second-order valence-electron chi connectivity index (χ2n) is 4.40. The van der Waals surface area contributed by atoms with E-state index in [9.17, 15) is 4.79 Å². The van der Waals surface area contributed by atoms with E-state index in [-0.39, 0.29) is 11.9 Å². The predicted molar refractivity (Wildman–Crippen MR) is 74.7 cm³/mol. The Hall–Kier alpha value is -1.56. The molecule has 0 aliphatic heterocycles. The van der Waals surface area contributed by atoms with Gasteiger partial charge in [-0.05, 0) is 48.8 Å².